The van der Waals surface area contributed by atoms with Gasteiger partial charge in [0.2, 0.25) is 5.91 Å². The molecular formula is C14H20BrClN2O. The number of benzene rings is 1. The van der Waals surface area contributed by atoms with Gasteiger partial charge in [-0.15, -0.1) is 12.4 Å². The van der Waals surface area contributed by atoms with E-state index in [0.29, 0.717) is 0 Å². The molecule has 106 valence electrons. The Morgan fingerprint density at radius 2 is 1.95 bits per heavy atom. The molecule has 0 aliphatic heterocycles. The van der Waals surface area contributed by atoms with Crippen molar-refractivity contribution in [3.8, 4) is 0 Å². The molecule has 2 rings (SSSR count). The van der Waals surface area contributed by atoms with E-state index in [2.05, 4.69) is 21.2 Å². The van der Waals surface area contributed by atoms with Crippen LogP contribution in [0.25, 0.3) is 0 Å². The van der Waals surface area contributed by atoms with Gasteiger partial charge in [-0.1, -0.05) is 41.3 Å². The molecule has 0 spiro atoms. The molecule has 0 heterocycles. The first kappa shape index (κ1) is 16.5. The van der Waals surface area contributed by atoms with Crippen LogP contribution in [0.4, 0.5) is 5.69 Å². The van der Waals surface area contributed by atoms with Gasteiger partial charge in [-0.3, -0.25) is 4.79 Å². The molecule has 1 saturated carbocycles. The third kappa shape index (κ3) is 3.71. The number of nitrogens with two attached hydrogens (primary N) is 1. The summed E-state index contributed by atoms with van der Waals surface area (Å²) < 4.78 is 0.995. The Kier molecular flexibility index (Phi) is 5.83. The summed E-state index contributed by atoms with van der Waals surface area (Å²) in [4.78, 5) is 12.3. The summed E-state index contributed by atoms with van der Waals surface area (Å²) in [5.41, 5.74) is 7.40. The number of halogens is 2. The normalized spacial score (nSPS) is 17.4. The van der Waals surface area contributed by atoms with Crippen LogP contribution in [0, 0.1) is 6.92 Å². The molecule has 0 bridgehead atoms. The van der Waals surface area contributed by atoms with Crippen molar-refractivity contribution in [3.63, 3.8) is 0 Å². The average Bonchev–Trinajstić information content (AvgIpc) is 2.36. The van der Waals surface area contributed by atoms with Gasteiger partial charge in [0, 0.05) is 10.2 Å². The second-order valence-corrected chi connectivity index (χ2v) is 5.94. The minimum Gasteiger partial charge on any atom is -0.324 e. The summed E-state index contributed by atoms with van der Waals surface area (Å²) in [6.07, 6.45) is 4.84. The molecule has 0 saturated heterocycles. The zero-order chi connectivity index (χ0) is 13.2. The van der Waals surface area contributed by atoms with E-state index < -0.39 is 5.54 Å². The molecule has 0 aromatic heterocycles. The molecule has 0 unspecified atom stereocenters. The topological polar surface area (TPSA) is 55.1 Å². The van der Waals surface area contributed by atoms with Crippen LogP contribution in [0.2, 0.25) is 0 Å². The fourth-order valence-corrected chi connectivity index (χ4v) is 2.77. The van der Waals surface area contributed by atoms with E-state index in [0.717, 1.165) is 41.4 Å². The molecule has 0 atom stereocenters. The maximum Gasteiger partial charge on any atom is 0.244 e. The maximum absolute atomic E-state index is 12.3. The van der Waals surface area contributed by atoms with Crippen LogP contribution in [0.3, 0.4) is 0 Å². The van der Waals surface area contributed by atoms with E-state index >= 15 is 0 Å². The molecule has 3 N–H and O–H groups in total. The number of carbonyl (C=O) groups is 1. The highest BCUT2D eigenvalue weighted by atomic mass is 79.9. The van der Waals surface area contributed by atoms with Gasteiger partial charge in [0.25, 0.3) is 0 Å². The summed E-state index contributed by atoms with van der Waals surface area (Å²) in [5, 5.41) is 2.97. The van der Waals surface area contributed by atoms with E-state index in [9.17, 15) is 4.79 Å². The summed E-state index contributed by atoms with van der Waals surface area (Å²) >= 11 is 3.46. The Hall–Kier alpha value is -0.580. The summed E-state index contributed by atoms with van der Waals surface area (Å²) in [7, 11) is 0. The number of amides is 1. The van der Waals surface area contributed by atoms with E-state index in [1.165, 1.54) is 6.42 Å². The van der Waals surface area contributed by atoms with Gasteiger partial charge in [0.15, 0.2) is 0 Å². The highest BCUT2D eigenvalue weighted by Crippen LogP contribution is 2.29. The minimum atomic E-state index is -0.687. The van der Waals surface area contributed by atoms with E-state index in [1.54, 1.807) is 0 Å². The van der Waals surface area contributed by atoms with Crippen molar-refractivity contribution in [1.82, 2.24) is 0 Å². The van der Waals surface area contributed by atoms with Crippen LogP contribution in [0.15, 0.2) is 22.7 Å². The minimum absolute atomic E-state index is 0. The lowest BCUT2D eigenvalue weighted by Crippen LogP contribution is -2.52. The lowest BCUT2D eigenvalue weighted by atomic mass is 9.82. The van der Waals surface area contributed by atoms with Gasteiger partial charge in [-0.25, -0.2) is 0 Å². The van der Waals surface area contributed by atoms with Crippen LogP contribution in [-0.2, 0) is 4.79 Å². The fourth-order valence-electron chi connectivity index (χ4n) is 2.40. The van der Waals surface area contributed by atoms with E-state index in [4.69, 9.17) is 5.73 Å². The monoisotopic (exact) mass is 346 g/mol. The number of rotatable bonds is 2. The third-order valence-corrected chi connectivity index (χ3v) is 4.57. The lowest BCUT2D eigenvalue weighted by Gasteiger charge is -2.32. The van der Waals surface area contributed by atoms with Crippen LogP contribution in [0.1, 0.15) is 37.7 Å². The largest absolute Gasteiger partial charge is 0.324 e. The van der Waals surface area contributed by atoms with Gasteiger partial charge >= 0.3 is 0 Å². The summed E-state index contributed by atoms with van der Waals surface area (Å²) in [5.74, 6) is -0.0524. The first-order chi connectivity index (χ1) is 8.53. The summed E-state index contributed by atoms with van der Waals surface area (Å²) in [6, 6.07) is 5.78. The van der Waals surface area contributed by atoms with Crippen LogP contribution in [-0.4, -0.2) is 11.4 Å². The quantitative estimate of drug-likeness (QED) is 0.855. The second-order valence-electron chi connectivity index (χ2n) is 5.08. The fraction of sp³-hybridized carbons (Fsp3) is 0.500. The highest BCUT2D eigenvalue weighted by molar-refractivity contribution is 9.10. The smallest absolute Gasteiger partial charge is 0.244 e. The number of hydrogen-bond acceptors (Lipinski definition) is 2. The van der Waals surface area contributed by atoms with Crippen molar-refractivity contribution in [2.24, 2.45) is 5.73 Å². The van der Waals surface area contributed by atoms with Crippen LogP contribution in [0.5, 0.6) is 0 Å². The third-order valence-electron chi connectivity index (χ3n) is 3.71. The molecule has 1 aliphatic rings. The Bertz CT molecular complexity index is 459. The first-order valence-corrected chi connectivity index (χ1v) is 7.18. The number of anilines is 1. The first-order valence-electron chi connectivity index (χ1n) is 6.38. The van der Waals surface area contributed by atoms with E-state index in [1.807, 2.05) is 25.1 Å². The lowest BCUT2D eigenvalue weighted by molar-refractivity contribution is -0.122. The Morgan fingerprint density at radius 3 is 2.58 bits per heavy atom. The average molecular weight is 348 g/mol. The molecule has 1 fully saturated rings. The standard InChI is InChI=1S/C14H19BrN2O.ClH/c1-10-11(15)6-5-7-12(10)17-13(18)14(16)8-3-2-4-9-14;/h5-7H,2-4,8-9,16H2,1H3,(H,17,18);1H. The number of carbonyl (C=O) groups excluding carboxylic acids is 1. The van der Waals surface area contributed by atoms with Gasteiger partial charge in [-0.2, -0.15) is 0 Å². The van der Waals surface area contributed by atoms with Gasteiger partial charge in [-0.05, 0) is 37.5 Å². The van der Waals surface area contributed by atoms with Gasteiger partial charge in [0.1, 0.15) is 0 Å². The van der Waals surface area contributed by atoms with Crippen molar-refractivity contribution in [3.05, 3.63) is 28.2 Å². The Balaban J connectivity index is 0.00000180. The molecular weight excluding hydrogens is 328 g/mol. The molecule has 3 nitrogen and oxygen atoms in total. The molecule has 1 amide bonds. The molecule has 1 aromatic carbocycles. The molecule has 19 heavy (non-hydrogen) atoms. The molecule has 1 aliphatic carbocycles. The maximum atomic E-state index is 12.3. The zero-order valence-electron chi connectivity index (χ0n) is 11.0. The van der Waals surface area contributed by atoms with Crippen molar-refractivity contribution < 1.29 is 4.79 Å². The molecule has 0 radical (unpaired) electrons. The number of nitrogens with one attached hydrogen (secondary N) is 1. The SMILES string of the molecule is Cc1c(Br)cccc1NC(=O)C1(N)CCCCC1.Cl. The van der Waals surface area contributed by atoms with Crippen molar-refractivity contribution in [2.75, 3.05) is 5.32 Å². The molecule has 5 heteroatoms. The van der Waals surface area contributed by atoms with Crippen LogP contribution >= 0.6 is 28.3 Å². The number of hydrogen-bond donors (Lipinski definition) is 2. The second kappa shape index (κ2) is 6.73. The van der Waals surface area contributed by atoms with Gasteiger partial charge < -0.3 is 11.1 Å². The van der Waals surface area contributed by atoms with Crippen LogP contribution < -0.4 is 11.1 Å². The predicted molar refractivity (Wildman–Crippen MR) is 84.8 cm³/mol. The summed E-state index contributed by atoms with van der Waals surface area (Å²) in [6.45, 7) is 1.98. The van der Waals surface area contributed by atoms with E-state index in [-0.39, 0.29) is 18.3 Å². The Morgan fingerprint density at radius 1 is 1.32 bits per heavy atom. The van der Waals surface area contributed by atoms with Crippen molar-refractivity contribution in [2.45, 2.75) is 44.6 Å². The predicted octanol–water partition coefficient (Wildman–Crippen LogP) is 3.78. The molecule has 1 aromatic rings. The van der Waals surface area contributed by atoms with Crippen molar-refractivity contribution in [1.29, 1.82) is 0 Å². The highest BCUT2D eigenvalue weighted by Gasteiger charge is 2.35. The zero-order valence-corrected chi connectivity index (χ0v) is 13.4. The Labute approximate surface area is 128 Å². The van der Waals surface area contributed by atoms with Gasteiger partial charge in [0.05, 0.1) is 5.54 Å². The van der Waals surface area contributed by atoms with Crippen molar-refractivity contribution >= 4 is 39.9 Å².